The lowest BCUT2D eigenvalue weighted by molar-refractivity contribution is 0.776. The van der Waals surface area contributed by atoms with Gasteiger partial charge in [-0.3, -0.25) is 9.36 Å². The summed E-state index contributed by atoms with van der Waals surface area (Å²) in [6, 6.07) is 14.6. The molecule has 0 bridgehead atoms. The molecule has 5 nitrogen and oxygen atoms in total. The van der Waals surface area contributed by atoms with Crippen molar-refractivity contribution in [1.82, 2.24) is 14.1 Å². The molecule has 0 aliphatic rings. The molecule has 132 valence electrons. The molecule has 4 rings (SSSR count). The zero-order valence-corrected chi connectivity index (χ0v) is 15.7. The summed E-state index contributed by atoms with van der Waals surface area (Å²) in [7, 11) is 1.60. The smallest absolute Gasteiger partial charge is 0.286 e. The second kappa shape index (κ2) is 6.88. The molecule has 0 N–H and O–H groups in total. The molecule has 0 amide bonds. The molecular weight excluding hydrogens is 382 g/mol. The molecule has 0 aliphatic heterocycles. The maximum atomic E-state index is 12.7. The second-order valence-corrected chi connectivity index (χ2v) is 7.01. The first-order valence-electron chi connectivity index (χ1n) is 7.98. The summed E-state index contributed by atoms with van der Waals surface area (Å²) >= 11 is 7.62. The van der Waals surface area contributed by atoms with Gasteiger partial charge in [0.15, 0.2) is 5.52 Å². The minimum absolute atomic E-state index is 0.242. The third-order valence-corrected chi connectivity index (χ3v) is 5.25. The van der Waals surface area contributed by atoms with E-state index < -0.39 is 11.2 Å². The van der Waals surface area contributed by atoms with Crippen molar-refractivity contribution in [3.63, 3.8) is 0 Å². The lowest BCUT2D eigenvalue weighted by Crippen LogP contribution is -2.37. The fraction of sp³-hybridized carbons (Fsp3) is 0.0500. The largest absolute Gasteiger partial charge is 0.336 e. The van der Waals surface area contributed by atoms with Crippen LogP contribution >= 0.6 is 22.9 Å². The van der Waals surface area contributed by atoms with Crippen molar-refractivity contribution in [2.24, 2.45) is 7.05 Å². The monoisotopic (exact) mass is 393 g/mol. The molecule has 2 aromatic carbocycles. The van der Waals surface area contributed by atoms with Crippen LogP contribution in [0.5, 0.6) is 0 Å². The summed E-state index contributed by atoms with van der Waals surface area (Å²) < 4.78 is 2.44. The van der Waals surface area contributed by atoms with E-state index in [-0.39, 0.29) is 10.5 Å². The van der Waals surface area contributed by atoms with Gasteiger partial charge in [-0.05, 0) is 30.3 Å². The summed E-state index contributed by atoms with van der Waals surface area (Å²) in [5, 5.41) is 0.267. The average molecular weight is 394 g/mol. The molecule has 0 unspecified atom stereocenters. The number of halogens is 1. The Labute approximate surface area is 163 Å². The predicted octanol–water partition coefficient (Wildman–Crippen LogP) is 3.20. The van der Waals surface area contributed by atoms with Crippen LogP contribution in [-0.4, -0.2) is 14.1 Å². The van der Waals surface area contributed by atoms with E-state index in [9.17, 15) is 9.59 Å². The molecule has 0 fully saturated rings. The Kier molecular flexibility index (Phi) is 4.40. The van der Waals surface area contributed by atoms with E-state index in [2.05, 4.69) is 16.8 Å². The predicted molar refractivity (Wildman–Crippen MR) is 108 cm³/mol. The van der Waals surface area contributed by atoms with Gasteiger partial charge in [0.05, 0.1) is 16.2 Å². The third-order valence-electron chi connectivity index (χ3n) is 4.05. The standard InChI is InChI=1S/C20H12ClN3O2S/c1-23-19-17(22-12-27-19)18(25)24(20(23)26)16-10-9-14(11-15(16)21)8-7-13-5-3-2-4-6-13/h2-6,9-12H,1H3. The van der Waals surface area contributed by atoms with Crippen LogP contribution in [0.15, 0.2) is 63.6 Å². The summed E-state index contributed by atoms with van der Waals surface area (Å²) in [5.74, 6) is 6.08. The number of aromatic nitrogens is 3. The van der Waals surface area contributed by atoms with Gasteiger partial charge in [-0.1, -0.05) is 41.6 Å². The van der Waals surface area contributed by atoms with Gasteiger partial charge < -0.3 is 0 Å². The highest BCUT2D eigenvalue weighted by atomic mass is 35.5. The Morgan fingerprint density at radius 3 is 2.52 bits per heavy atom. The summed E-state index contributed by atoms with van der Waals surface area (Å²) in [4.78, 5) is 30.0. The summed E-state index contributed by atoms with van der Waals surface area (Å²) in [6.07, 6.45) is 0. The fourth-order valence-electron chi connectivity index (χ4n) is 2.70. The lowest BCUT2D eigenvalue weighted by atomic mass is 10.1. The molecule has 4 aromatic rings. The van der Waals surface area contributed by atoms with Crippen molar-refractivity contribution in [3.8, 4) is 17.5 Å². The minimum atomic E-state index is -0.487. The maximum Gasteiger partial charge on any atom is 0.336 e. The SMILES string of the molecule is Cn1c(=O)n(-c2ccc(C#Cc3ccccc3)cc2Cl)c(=O)c2ncsc21. The summed E-state index contributed by atoms with van der Waals surface area (Å²) in [6.45, 7) is 0. The van der Waals surface area contributed by atoms with Gasteiger partial charge in [0.1, 0.15) is 4.83 Å². The first-order chi connectivity index (χ1) is 13.1. The molecule has 27 heavy (non-hydrogen) atoms. The molecule has 2 heterocycles. The number of fused-ring (bicyclic) bond motifs is 1. The summed E-state index contributed by atoms with van der Waals surface area (Å²) in [5.41, 5.74) is 2.71. The zero-order chi connectivity index (χ0) is 19.0. The Hall–Kier alpha value is -3.14. The number of thiazole rings is 1. The quantitative estimate of drug-likeness (QED) is 0.467. The highest BCUT2D eigenvalue weighted by Gasteiger charge is 2.16. The normalized spacial score (nSPS) is 10.6. The molecule has 0 saturated carbocycles. The zero-order valence-electron chi connectivity index (χ0n) is 14.1. The van der Waals surface area contributed by atoms with Crippen LogP contribution in [0.2, 0.25) is 5.02 Å². The molecule has 7 heteroatoms. The third kappa shape index (κ3) is 3.08. The lowest BCUT2D eigenvalue weighted by Gasteiger charge is -2.09. The molecule has 0 atom stereocenters. The van der Waals surface area contributed by atoms with Gasteiger partial charge in [0, 0.05) is 18.2 Å². The Morgan fingerprint density at radius 1 is 1.04 bits per heavy atom. The van der Waals surface area contributed by atoms with Crippen molar-refractivity contribution < 1.29 is 0 Å². The molecule has 0 radical (unpaired) electrons. The molecular formula is C20H12ClN3O2S. The van der Waals surface area contributed by atoms with Crippen LogP contribution < -0.4 is 11.2 Å². The maximum absolute atomic E-state index is 12.7. The Bertz CT molecular complexity index is 1340. The van der Waals surface area contributed by atoms with E-state index in [1.54, 1.807) is 30.8 Å². The highest BCUT2D eigenvalue weighted by Crippen LogP contribution is 2.21. The van der Waals surface area contributed by atoms with Gasteiger partial charge in [0.25, 0.3) is 5.56 Å². The first-order valence-corrected chi connectivity index (χ1v) is 9.24. The van der Waals surface area contributed by atoms with Gasteiger partial charge in [-0.2, -0.15) is 0 Å². The van der Waals surface area contributed by atoms with E-state index >= 15 is 0 Å². The van der Waals surface area contributed by atoms with E-state index in [0.29, 0.717) is 16.1 Å². The number of nitrogens with zero attached hydrogens (tertiary/aromatic N) is 3. The van der Waals surface area contributed by atoms with Crippen molar-refractivity contribution in [3.05, 3.63) is 91.0 Å². The van der Waals surface area contributed by atoms with Crippen LogP contribution in [0, 0.1) is 11.8 Å². The number of hydrogen-bond donors (Lipinski definition) is 0. The van der Waals surface area contributed by atoms with Crippen LogP contribution in [0.25, 0.3) is 16.0 Å². The van der Waals surface area contributed by atoms with E-state index in [0.717, 1.165) is 10.1 Å². The Morgan fingerprint density at radius 2 is 1.78 bits per heavy atom. The van der Waals surface area contributed by atoms with Crippen molar-refractivity contribution in [1.29, 1.82) is 0 Å². The molecule has 2 aromatic heterocycles. The van der Waals surface area contributed by atoms with Crippen molar-refractivity contribution >= 4 is 33.3 Å². The van der Waals surface area contributed by atoms with Crippen molar-refractivity contribution in [2.45, 2.75) is 0 Å². The average Bonchev–Trinajstić information content (AvgIpc) is 3.17. The number of hydrogen-bond acceptors (Lipinski definition) is 4. The van der Waals surface area contributed by atoms with Gasteiger partial charge in [-0.15, -0.1) is 11.3 Å². The highest BCUT2D eigenvalue weighted by molar-refractivity contribution is 7.16. The molecule has 0 aliphatic carbocycles. The van der Waals surface area contributed by atoms with Crippen LogP contribution in [0.3, 0.4) is 0 Å². The fourth-order valence-corrected chi connectivity index (χ4v) is 3.71. The van der Waals surface area contributed by atoms with E-state index in [1.165, 1.54) is 15.9 Å². The van der Waals surface area contributed by atoms with Gasteiger partial charge >= 0.3 is 5.69 Å². The van der Waals surface area contributed by atoms with Crippen molar-refractivity contribution in [2.75, 3.05) is 0 Å². The first kappa shape index (κ1) is 17.3. The topological polar surface area (TPSA) is 56.9 Å². The van der Waals surface area contributed by atoms with Gasteiger partial charge in [-0.25, -0.2) is 14.3 Å². The second-order valence-electron chi connectivity index (χ2n) is 5.77. The molecule has 0 spiro atoms. The Balaban J connectivity index is 1.83. The number of benzene rings is 2. The van der Waals surface area contributed by atoms with E-state index in [1.807, 2.05) is 30.3 Å². The number of aryl methyl sites for hydroxylation is 1. The minimum Gasteiger partial charge on any atom is -0.286 e. The van der Waals surface area contributed by atoms with E-state index in [4.69, 9.17) is 11.6 Å². The van der Waals surface area contributed by atoms with Crippen LogP contribution in [0.1, 0.15) is 11.1 Å². The van der Waals surface area contributed by atoms with Gasteiger partial charge in [0.2, 0.25) is 0 Å². The number of rotatable bonds is 1. The molecule has 0 saturated heterocycles. The van der Waals surface area contributed by atoms with Crippen LogP contribution in [0.4, 0.5) is 0 Å². The van der Waals surface area contributed by atoms with Crippen LogP contribution in [-0.2, 0) is 7.05 Å².